The fraction of sp³-hybridized carbons (Fsp3) is 0.267. The predicted molar refractivity (Wildman–Crippen MR) is 82.9 cm³/mol. The largest absolute Gasteiger partial charge is 0.320 e. The van der Waals surface area contributed by atoms with Gasteiger partial charge in [0.25, 0.3) is 0 Å². The number of fused-ring (bicyclic) bond motifs is 1. The molecule has 0 fully saturated rings. The zero-order valence-electron chi connectivity index (χ0n) is 12.0. The number of nitrogens with zero attached hydrogens (tertiary/aromatic N) is 5. The first-order chi connectivity index (χ1) is 10.1. The molecule has 0 aliphatic rings. The number of benzene rings is 1. The van der Waals surface area contributed by atoms with Gasteiger partial charge in [0, 0.05) is 24.0 Å². The Balaban J connectivity index is 1.75. The van der Waals surface area contributed by atoms with Crippen molar-refractivity contribution in [2.24, 2.45) is 7.05 Å². The first-order valence-electron chi connectivity index (χ1n) is 6.68. The number of hydrogen-bond donors (Lipinski definition) is 0. The van der Waals surface area contributed by atoms with E-state index in [2.05, 4.69) is 26.1 Å². The molecule has 0 radical (unpaired) electrons. The summed E-state index contributed by atoms with van der Waals surface area (Å²) in [6.45, 7) is 1.49. The maximum atomic E-state index is 5.99. The average molecular weight is 302 g/mol. The van der Waals surface area contributed by atoms with Crippen LogP contribution in [0.1, 0.15) is 11.5 Å². The second kappa shape index (κ2) is 5.79. The van der Waals surface area contributed by atoms with Crippen LogP contribution in [0.2, 0.25) is 5.02 Å². The maximum Gasteiger partial charge on any atom is 0.146 e. The van der Waals surface area contributed by atoms with Gasteiger partial charge < -0.3 is 4.57 Å². The van der Waals surface area contributed by atoms with Crippen molar-refractivity contribution in [3.05, 3.63) is 53.2 Å². The van der Waals surface area contributed by atoms with Crippen LogP contribution in [0.15, 0.2) is 36.7 Å². The minimum absolute atomic E-state index is 0.733. The van der Waals surface area contributed by atoms with E-state index in [9.17, 15) is 0 Å². The van der Waals surface area contributed by atoms with Gasteiger partial charge in [-0.05, 0) is 31.3 Å². The summed E-state index contributed by atoms with van der Waals surface area (Å²) < 4.78 is 1.92. The van der Waals surface area contributed by atoms with Crippen LogP contribution in [0.25, 0.3) is 10.9 Å². The van der Waals surface area contributed by atoms with Crippen molar-refractivity contribution in [3.63, 3.8) is 0 Å². The highest BCUT2D eigenvalue weighted by Gasteiger charge is 2.07. The number of pyridine rings is 1. The van der Waals surface area contributed by atoms with E-state index >= 15 is 0 Å². The minimum atomic E-state index is 0.733. The van der Waals surface area contributed by atoms with Crippen LogP contribution in [0, 0.1) is 0 Å². The van der Waals surface area contributed by atoms with Crippen molar-refractivity contribution in [1.82, 2.24) is 24.6 Å². The van der Waals surface area contributed by atoms with Crippen molar-refractivity contribution in [1.29, 1.82) is 0 Å². The van der Waals surface area contributed by atoms with Gasteiger partial charge in [0.15, 0.2) is 0 Å². The maximum absolute atomic E-state index is 5.99. The molecule has 5 nitrogen and oxygen atoms in total. The third-order valence-corrected chi connectivity index (χ3v) is 3.59. The molecule has 3 aromatic rings. The van der Waals surface area contributed by atoms with Gasteiger partial charge >= 0.3 is 0 Å². The fourth-order valence-corrected chi connectivity index (χ4v) is 2.43. The molecule has 108 valence electrons. The molecule has 3 rings (SSSR count). The molecular formula is C15H16ClN5. The molecule has 0 saturated carbocycles. The van der Waals surface area contributed by atoms with E-state index in [0.29, 0.717) is 0 Å². The van der Waals surface area contributed by atoms with E-state index in [1.165, 1.54) is 0 Å². The third-order valence-electron chi connectivity index (χ3n) is 3.36. The average Bonchev–Trinajstić information content (AvgIpc) is 2.84. The van der Waals surface area contributed by atoms with Gasteiger partial charge in [-0.15, -0.1) is 10.2 Å². The number of hydrogen-bond acceptors (Lipinski definition) is 4. The van der Waals surface area contributed by atoms with Crippen LogP contribution in [0.4, 0.5) is 0 Å². The summed E-state index contributed by atoms with van der Waals surface area (Å²) in [5.41, 5.74) is 1.98. The summed E-state index contributed by atoms with van der Waals surface area (Å²) in [6.07, 6.45) is 1.71. The zero-order chi connectivity index (χ0) is 14.8. The molecule has 0 saturated heterocycles. The van der Waals surface area contributed by atoms with Gasteiger partial charge in [-0.25, -0.2) is 0 Å². The second-order valence-corrected chi connectivity index (χ2v) is 5.61. The summed E-state index contributed by atoms with van der Waals surface area (Å²) >= 11 is 5.99. The first kappa shape index (κ1) is 14.0. The number of rotatable bonds is 4. The number of halogens is 1. The van der Waals surface area contributed by atoms with Crippen molar-refractivity contribution in [2.45, 2.75) is 13.1 Å². The number of aromatic nitrogens is 4. The Kier molecular flexibility index (Phi) is 3.86. The molecule has 6 heteroatoms. The summed E-state index contributed by atoms with van der Waals surface area (Å²) in [4.78, 5) is 6.83. The lowest BCUT2D eigenvalue weighted by atomic mass is 10.2. The molecule has 0 unspecified atom stereocenters. The molecule has 2 aromatic heterocycles. The summed E-state index contributed by atoms with van der Waals surface area (Å²) in [7, 11) is 3.99. The van der Waals surface area contributed by atoms with Gasteiger partial charge in [-0.2, -0.15) is 0 Å². The van der Waals surface area contributed by atoms with Gasteiger partial charge in [-0.1, -0.05) is 17.7 Å². The van der Waals surface area contributed by atoms with Gasteiger partial charge in [0.05, 0.1) is 17.8 Å². The Morgan fingerprint density at radius 3 is 2.81 bits per heavy atom. The van der Waals surface area contributed by atoms with Crippen LogP contribution in [0.5, 0.6) is 0 Å². The Morgan fingerprint density at radius 1 is 1.19 bits per heavy atom. The lowest BCUT2D eigenvalue weighted by Gasteiger charge is -2.15. The molecule has 0 N–H and O–H groups in total. The minimum Gasteiger partial charge on any atom is -0.320 e. The Morgan fingerprint density at radius 2 is 2.05 bits per heavy atom. The highest BCUT2D eigenvalue weighted by Crippen LogP contribution is 2.18. The SMILES string of the molecule is CN(Cc1ccc2cc(Cl)ccc2n1)Cc1nncn1C. The van der Waals surface area contributed by atoms with Crippen LogP contribution < -0.4 is 0 Å². The standard InChI is InChI=1S/C15H16ClN5/c1-20(9-15-19-17-10-21(15)2)8-13-5-3-11-7-12(16)4-6-14(11)18-13/h3-7,10H,8-9H2,1-2H3. The van der Waals surface area contributed by atoms with Gasteiger partial charge in [-0.3, -0.25) is 9.88 Å². The Bertz CT molecular complexity index is 768. The zero-order valence-corrected chi connectivity index (χ0v) is 12.7. The molecular weight excluding hydrogens is 286 g/mol. The van der Waals surface area contributed by atoms with Crippen molar-refractivity contribution >= 4 is 22.5 Å². The Labute approximate surface area is 128 Å². The van der Waals surface area contributed by atoms with Crippen LogP contribution >= 0.6 is 11.6 Å². The van der Waals surface area contributed by atoms with E-state index in [0.717, 1.165) is 40.5 Å². The van der Waals surface area contributed by atoms with Gasteiger partial charge in [0.2, 0.25) is 0 Å². The topological polar surface area (TPSA) is 46.8 Å². The molecule has 2 heterocycles. The van der Waals surface area contributed by atoms with Crippen LogP contribution in [-0.4, -0.2) is 31.7 Å². The van der Waals surface area contributed by atoms with Crippen molar-refractivity contribution in [3.8, 4) is 0 Å². The van der Waals surface area contributed by atoms with E-state index in [-0.39, 0.29) is 0 Å². The summed E-state index contributed by atoms with van der Waals surface area (Å²) in [5, 5.41) is 9.77. The van der Waals surface area contributed by atoms with Gasteiger partial charge in [0.1, 0.15) is 12.2 Å². The number of aryl methyl sites for hydroxylation is 1. The summed E-state index contributed by atoms with van der Waals surface area (Å²) in [5.74, 6) is 0.935. The van der Waals surface area contributed by atoms with E-state index in [4.69, 9.17) is 11.6 Å². The quantitative estimate of drug-likeness (QED) is 0.743. The molecule has 1 aromatic carbocycles. The molecule has 0 aliphatic heterocycles. The molecule has 0 amide bonds. The Hall–Kier alpha value is -1.98. The molecule has 0 aliphatic carbocycles. The third kappa shape index (κ3) is 3.20. The fourth-order valence-electron chi connectivity index (χ4n) is 2.25. The lowest BCUT2D eigenvalue weighted by molar-refractivity contribution is 0.303. The molecule has 21 heavy (non-hydrogen) atoms. The molecule has 0 bridgehead atoms. The van der Waals surface area contributed by atoms with Crippen LogP contribution in [-0.2, 0) is 20.1 Å². The lowest BCUT2D eigenvalue weighted by Crippen LogP contribution is -2.20. The molecule has 0 atom stereocenters. The van der Waals surface area contributed by atoms with E-state index < -0.39 is 0 Å². The van der Waals surface area contributed by atoms with E-state index in [1.807, 2.05) is 42.9 Å². The smallest absolute Gasteiger partial charge is 0.146 e. The highest BCUT2D eigenvalue weighted by atomic mass is 35.5. The van der Waals surface area contributed by atoms with Crippen molar-refractivity contribution < 1.29 is 0 Å². The van der Waals surface area contributed by atoms with Crippen LogP contribution in [0.3, 0.4) is 0 Å². The molecule has 0 spiro atoms. The van der Waals surface area contributed by atoms with Crippen molar-refractivity contribution in [2.75, 3.05) is 7.05 Å². The summed E-state index contributed by atoms with van der Waals surface area (Å²) in [6, 6.07) is 9.83. The van der Waals surface area contributed by atoms with E-state index in [1.54, 1.807) is 6.33 Å². The second-order valence-electron chi connectivity index (χ2n) is 5.17. The first-order valence-corrected chi connectivity index (χ1v) is 7.06. The monoisotopic (exact) mass is 301 g/mol. The highest BCUT2D eigenvalue weighted by molar-refractivity contribution is 6.31. The normalized spacial score (nSPS) is 11.4. The predicted octanol–water partition coefficient (Wildman–Crippen LogP) is 2.65.